The highest BCUT2D eigenvalue weighted by atomic mass is 79.9. The van der Waals surface area contributed by atoms with E-state index < -0.39 is 0 Å². The number of hydrogen-bond donors (Lipinski definition) is 3. The predicted molar refractivity (Wildman–Crippen MR) is 82.4 cm³/mol. The molecule has 0 heterocycles. The summed E-state index contributed by atoms with van der Waals surface area (Å²) >= 11 is 3.44. The van der Waals surface area contributed by atoms with Crippen molar-refractivity contribution in [1.82, 2.24) is 5.32 Å². The molecule has 0 bridgehead atoms. The van der Waals surface area contributed by atoms with Gasteiger partial charge in [0, 0.05) is 23.2 Å². The number of rotatable bonds is 7. The number of aryl methyl sites for hydroxylation is 1. The Bertz CT molecular complexity index is 419. The van der Waals surface area contributed by atoms with Crippen molar-refractivity contribution in [2.75, 3.05) is 13.2 Å². The first-order chi connectivity index (χ1) is 8.85. The van der Waals surface area contributed by atoms with E-state index in [0.717, 1.165) is 35.0 Å². The molecule has 108 valence electrons. The van der Waals surface area contributed by atoms with Crippen LogP contribution in [0.15, 0.2) is 16.6 Å². The van der Waals surface area contributed by atoms with Crippen molar-refractivity contribution in [1.29, 1.82) is 0 Å². The van der Waals surface area contributed by atoms with E-state index in [1.807, 2.05) is 19.1 Å². The van der Waals surface area contributed by atoms with Gasteiger partial charge in [0.25, 0.3) is 0 Å². The second kappa shape index (κ2) is 7.27. The fraction of sp³-hybridized carbons (Fsp3) is 0.600. The van der Waals surface area contributed by atoms with E-state index in [9.17, 15) is 5.11 Å². The van der Waals surface area contributed by atoms with Crippen molar-refractivity contribution in [3.05, 3.63) is 27.7 Å². The number of benzene rings is 1. The second-order valence-electron chi connectivity index (χ2n) is 5.83. The van der Waals surface area contributed by atoms with E-state index in [1.54, 1.807) is 0 Å². The first kappa shape index (κ1) is 16.5. The fourth-order valence-corrected chi connectivity index (χ4v) is 2.55. The molecule has 1 aromatic rings. The van der Waals surface area contributed by atoms with Gasteiger partial charge in [-0.1, -0.05) is 29.8 Å². The maximum absolute atomic E-state index is 9.95. The summed E-state index contributed by atoms with van der Waals surface area (Å²) in [5.74, 6) is 0.367. The number of aromatic hydroxyl groups is 1. The third kappa shape index (κ3) is 5.51. The molecule has 0 fully saturated rings. The second-order valence-corrected chi connectivity index (χ2v) is 6.75. The molecule has 1 aromatic carbocycles. The summed E-state index contributed by atoms with van der Waals surface area (Å²) in [6.07, 6.45) is 2.00. The summed E-state index contributed by atoms with van der Waals surface area (Å²) in [5, 5.41) is 22.5. The SMILES string of the molecule is Cc1cc(Br)cc(CNCCCC(C)(C)CO)c1O. The largest absolute Gasteiger partial charge is 0.507 e. The van der Waals surface area contributed by atoms with E-state index in [0.29, 0.717) is 12.3 Å². The van der Waals surface area contributed by atoms with Gasteiger partial charge in [0.15, 0.2) is 0 Å². The van der Waals surface area contributed by atoms with Crippen LogP contribution in [0.3, 0.4) is 0 Å². The lowest BCUT2D eigenvalue weighted by Gasteiger charge is -2.21. The van der Waals surface area contributed by atoms with E-state index >= 15 is 0 Å². The minimum atomic E-state index is -0.00379. The van der Waals surface area contributed by atoms with E-state index in [-0.39, 0.29) is 12.0 Å². The van der Waals surface area contributed by atoms with Crippen molar-refractivity contribution in [2.45, 2.75) is 40.2 Å². The third-order valence-electron chi connectivity index (χ3n) is 3.29. The molecule has 0 atom stereocenters. The molecule has 0 aromatic heterocycles. The molecule has 0 saturated carbocycles. The van der Waals surface area contributed by atoms with Crippen LogP contribution < -0.4 is 5.32 Å². The van der Waals surface area contributed by atoms with Crippen LogP contribution in [0, 0.1) is 12.3 Å². The van der Waals surface area contributed by atoms with Gasteiger partial charge in [-0.3, -0.25) is 0 Å². The van der Waals surface area contributed by atoms with Crippen molar-refractivity contribution in [2.24, 2.45) is 5.41 Å². The number of phenols is 1. The average molecular weight is 330 g/mol. The average Bonchev–Trinajstić information content (AvgIpc) is 2.34. The molecular formula is C15H24BrNO2. The lowest BCUT2D eigenvalue weighted by Crippen LogP contribution is -2.21. The van der Waals surface area contributed by atoms with Gasteiger partial charge < -0.3 is 15.5 Å². The van der Waals surface area contributed by atoms with Gasteiger partial charge in [0.2, 0.25) is 0 Å². The number of nitrogens with one attached hydrogen (secondary N) is 1. The van der Waals surface area contributed by atoms with Crippen LogP contribution in [0.2, 0.25) is 0 Å². The van der Waals surface area contributed by atoms with Crippen molar-refractivity contribution < 1.29 is 10.2 Å². The number of aliphatic hydroxyl groups is 1. The van der Waals surface area contributed by atoms with Gasteiger partial charge in [-0.2, -0.15) is 0 Å². The van der Waals surface area contributed by atoms with Crippen LogP contribution in [0.5, 0.6) is 5.75 Å². The standard InChI is InChI=1S/C15H24BrNO2/c1-11-7-13(16)8-12(14(11)19)9-17-6-4-5-15(2,3)10-18/h7-8,17-19H,4-6,9-10H2,1-3H3. The smallest absolute Gasteiger partial charge is 0.123 e. The van der Waals surface area contributed by atoms with Crippen molar-refractivity contribution in [3.63, 3.8) is 0 Å². The Morgan fingerprint density at radius 3 is 2.63 bits per heavy atom. The van der Waals surface area contributed by atoms with Crippen LogP contribution in [0.25, 0.3) is 0 Å². The van der Waals surface area contributed by atoms with Crippen LogP contribution in [0.1, 0.15) is 37.8 Å². The zero-order valence-electron chi connectivity index (χ0n) is 12.0. The normalized spacial score (nSPS) is 11.8. The Morgan fingerprint density at radius 1 is 1.32 bits per heavy atom. The quantitative estimate of drug-likeness (QED) is 0.672. The maximum Gasteiger partial charge on any atom is 0.123 e. The molecule has 0 spiro atoms. The highest BCUT2D eigenvalue weighted by molar-refractivity contribution is 9.10. The van der Waals surface area contributed by atoms with Gasteiger partial charge >= 0.3 is 0 Å². The van der Waals surface area contributed by atoms with Gasteiger partial charge in [0.1, 0.15) is 5.75 Å². The Labute approximate surface area is 124 Å². The van der Waals surface area contributed by atoms with Crippen molar-refractivity contribution >= 4 is 15.9 Å². The predicted octanol–water partition coefficient (Wildman–Crippen LogP) is 3.35. The van der Waals surface area contributed by atoms with Crippen LogP contribution in [-0.2, 0) is 6.54 Å². The highest BCUT2D eigenvalue weighted by Gasteiger charge is 2.15. The summed E-state index contributed by atoms with van der Waals surface area (Å²) < 4.78 is 0.987. The van der Waals surface area contributed by atoms with Gasteiger partial charge in [-0.25, -0.2) is 0 Å². The number of halogens is 1. The van der Waals surface area contributed by atoms with E-state index in [1.165, 1.54) is 0 Å². The molecular weight excluding hydrogens is 306 g/mol. The molecule has 0 aliphatic heterocycles. The monoisotopic (exact) mass is 329 g/mol. The van der Waals surface area contributed by atoms with E-state index in [2.05, 4.69) is 35.1 Å². The molecule has 4 heteroatoms. The molecule has 0 amide bonds. The maximum atomic E-state index is 9.95. The fourth-order valence-electron chi connectivity index (χ4n) is 1.93. The molecule has 0 unspecified atom stereocenters. The van der Waals surface area contributed by atoms with Crippen LogP contribution in [-0.4, -0.2) is 23.4 Å². The summed E-state index contributed by atoms with van der Waals surface area (Å²) in [6.45, 7) is 7.79. The Balaban J connectivity index is 2.38. The topological polar surface area (TPSA) is 52.5 Å². The molecule has 1 rings (SSSR count). The first-order valence-electron chi connectivity index (χ1n) is 6.65. The molecule has 0 aliphatic carbocycles. The Morgan fingerprint density at radius 2 is 2.00 bits per heavy atom. The summed E-state index contributed by atoms with van der Waals surface area (Å²) in [4.78, 5) is 0. The zero-order valence-corrected chi connectivity index (χ0v) is 13.5. The van der Waals surface area contributed by atoms with Gasteiger partial charge in [0.05, 0.1) is 0 Å². The Hall–Kier alpha value is -0.580. The number of phenolic OH excluding ortho intramolecular Hbond substituents is 1. The van der Waals surface area contributed by atoms with Gasteiger partial charge in [-0.15, -0.1) is 0 Å². The lowest BCUT2D eigenvalue weighted by atomic mass is 9.89. The summed E-state index contributed by atoms with van der Waals surface area (Å²) in [6, 6.07) is 3.84. The summed E-state index contributed by atoms with van der Waals surface area (Å²) in [7, 11) is 0. The lowest BCUT2D eigenvalue weighted by molar-refractivity contribution is 0.148. The number of hydrogen-bond acceptors (Lipinski definition) is 3. The molecule has 0 radical (unpaired) electrons. The van der Waals surface area contributed by atoms with Crippen LogP contribution in [0.4, 0.5) is 0 Å². The minimum Gasteiger partial charge on any atom is -0.507 e. The first-order valence-corrected chi connectivity index (χ1v) is 7.44. The highest BCUT2D eigenvalue weighted by Crippen LogP contribution is 2.26. The minimum absolute atomic E-state index is 0.00379. The van der Waals surface area contributed by atoms with Crippen LogP contribution >= 0.6 is 15.9 Å². The van der Waals surface area contributed by atoms with Gasteiger partial charge in [-0.05, 0) is 49.4 Å². The number of aliphatic hydroxyl groups excluding tert-OH is 1. The Kier molecular flexibility index (Phi) is 6.30. The molecule has 3 N–H and O–H groups in total. The van der Waals surface area contributed by atoms with Crippen molar-refractivity contribution in [3.8, 4) is 5.75 Å². The molecule has 3 nitrogen and oxygen atoms in total. The molecule has 0 aliphatic rings. The molecule has 19 heavy (non-hydrogen) atoms. The molecule has 0 saturated heterocycles. The van der Waals surface area contributed by atoms with E-state index in [4.69, 9.17) is 5.11 Å². The third-order valence-corrected chi connectivity index (χ3v) is 3.75. The summed E-state index contributed by atoms with van der Waals surface area (Å²) in [5.41, 5.74) is 1.79. The zero-order chi connectivity index (χ0) is 14.5.